The quantitative estimate of drug-likeness (QED) is 0.647. The third-order valence-corrected chi connectivity index (χ3v) is 5.03. The normalized spacial score (nSPS) is 21.4. The Morgan fingerprint density at radius 2 is 2.00 bits per heavy atom. The Kier molecular flexibility index (Phi) is 6.26. The van der Waals surface area contributed by atoms with Gasteiger partial charge in [0.2, 0.25) is 0 Å². The monoisotopic (exact) mass is 346 g/mol. The number of hydrogen-bond acceptors (Lipinski definition) is 4. The van der Waals surface area contributed by atoms with Gasteiger partial charge in [0.25, 0.3) is 0 Å². The van der Waals surface area contributed by atoms with Crippen LogP contribution in [0, 0.1) is 23.2 Å². The summed E-state index contributed by atoms with van der Waals surface area (Å²) >= 11 is 1.38. The molecule has 1 aromatic heterocycles. The summed E-state index contributed by atoms with van der Waals surface area (Å²) in [6.45, 7) is 6.19. The van der Waals surface area contributed by atoms with E-state index in [0.717, 1.165) is 36.1 Å². The molecule has 4 heteroatoms. The van der Waals surface area contributed by atoms with Crippen LogP contribution in [0.3, 0.4) is 0 Å². The summed E-state index contributed by atoms with van der Waals surface area (Å²) in [6.07, 6.45) is 7.70. The first-order valence-corrected chi connectivity index (χ1v) is 9.22. The van der Waals surface area contributed by atoms with Crippen LogP contribution < -0.4 is 0 Å². The number of aliphatic hydroxyl groups is 1. The number of esters is 1. The molecule has 0 aliphatic heterocycles. The van der Waals surface area contributed by atoms with E-state index in [1.165, 1.54) is 18.4 Å². The van der Waals surface area contributed by atoms with E-state index >= 15 is 0 Å². The average Bonchev–Trinajstić information content (AvgIpc) is 2.94. The number of carbonyl (C=O) groups is 1. The molecule has 0 radical (unpaired) electrons. The van der Waals surface area contributed by atoms with Gasteiger partial charge in [-0.15, -0.1) is 11.3 Å². The Bertz CT molecular complexity index is 659. The van der Waals surface area contributed by atoms with Crippen LogP contribution in [-0.4, -0.2) is 24.3 Å². The number of hydrogen-bond donors (Lipinski definition) is 1. The molecule has 1 aromatic rings. The van der Waals surface area contributed by atoms with Crippen molar-refractivity contribution in [2.24, 2.45) is 11.3 Å². The highest BCUT2D eigenvalue weighted by molar-refractivity contribution is 7.14. The van der Waals surface area contributed by atoms with Gasteiger partial charge in [0.1, 0.15) is 4.88 Å². The first kappa shape index (κ1) is 18.8. The van der Waals surface area contributed by atoms with Crippen molar-refractivity contribution in [1.82, 2.24) is 0 Å². The van der Waals surface area contributed by atoms with Crippen LogP contribution in [0.1, 0.15) is 66.6 Å². The molecule has 0 atom stereocenters. The van der Waals surface area contributed by atoms with Crippen LogP contribution in [0.25, 0.3) is 6.08 Å². The molecule has 0 bridgehead atoms. The molecular formula is C20H26O3S. The molecule has 2 rings (SSSR count). The standard InChI is InChI=1S/C20H26O3S/c1-20(2,3)12-11-17-13-15(18(24-17)19(22)23-4)8-5-14-6-9-16(21)10-7-14/h5,8,13-14,16,21H,6-7,9-10H2,1-4H3/b8-5-. The first-order valence-electron chi connectivity index (χ1n) is 8.40. The highest BCUT2D eigenvalue weighted by Crippen LogP contribution is 2.29. The van der Waals surface area contributed by atoms with Crippen LogP contribution in [-0.2, 0) is 4.74 Å². The van der Waals surface area contributed by atoms with Gasteiger partial charge in [0, 0.05) is 11.0 Å². The number of methoxy groups -OCH3 is 1. The zero-order valence-corrected chi connectivity index (χ0v) is 15.7. The number of allylic oxidation sites excluding steroid dienone is 1. The molecule has 0 saturated heterocycles. The van der Waals surface area contributed by atoms with Gasteiger partial charge in [-0.25, -0.2) is 4.79 Å². The molecule has 1 heterocycles. The van der Waals surface area contributed by atoms with Crippen LogP contribution >= 0.6 is 11.3 Å². The Labute approximate surface area is 148 Å². The fraction of sp³-hybridized carbons (Fsp3) is 0.550. The smallest absolute Gasteiger partial charge is 0.348 e. The molecule has 1 N–H and O–H groups in total. The van der Waals surface area contributed by atoms with Gasteiger partial charge in [0.05, 0.1) is 18.1 Å². The van der Waals surface area contributed by atoms with Crippen molar-refractivity contribution < 1.29 is 14.6 Å². The SMILES string of the molecule is COC(=O)c1sc(C#CC(C)(C)C)cc1/C=C\C1CCC(O)CC1. The number of thiophene rings is 1. The van der Waals surface area contributed by atoms with Crippen LogP contribution in [0.5, 0.6) is 0 Å². The van der Waals surface area contributed by atoms with Crippen molar-refractivity contribution in [2.75, 3.05) is 7.11 Å². The second-order valence-electron chi connectivity index (χ2n) is 7.31. The fourth-order valence-corrected chi connectivity index (χ4v) is 3.54. The maximum atomic E-state index is 12.0. The second-order valence-corrected chi connectivity index (χ2v) is 8.37. The average molecular weight is 346 g/mol. The molecule has 0 unspecified atom stereocenters. The minimum Gasteiger partial charge on any atom is -0.465 e. The molecule has 1 saturated carbocycles. The van der Waals surface area contributed by atoms with E-state index in [0.29, 0.717) is 10.8 Å². The second kappa shape index (κ2) is 8.00. The summed E-state index contributed by atoms with van der Waals surface area (Å²) in [5.74, 6) is 6.51. The van der Waals surface area contributed by atoms with Crippen molar-refractivity contribution >= 4 is 23.4 Å². The summed E-state index contributed by atoms with van der Waals surface area (Å²) in [7, 11) is 1.40. The predicted molar refractivity (Wildman–Crippen MR) is 99.0 cm³/mol. The summed E-state index contributed by atoms with van der Waals surface area (Å²) in [5.41, 5.74) is 0.796. The molecule has 1 aliphatic rings. The van der Waals surface area contributed by atoms with Gasteiger partial charge < -0.3 is 9.84 Å². The fourth-order valence-electron chi connectivity index (χ4n) is 2.63. The number of aliphatic hydroxyl groups excluding tert-OH is 1. The molecule has 0 aromatic carbocycles. The van der Waals surface area contributed by atoms with E-state index in [2.05, 4.69) is 38.7 Å². The Morgan fingerprint density at radius 3 is 2.58 bits per heavy atom. The first-order chi connectivity index (χ1) is 11.3. The lowest BCUT2D eigenvalue weighted by Gasteiger charge is -2.22. The van der Waals surface area contributed by atoms with Crippen LogP contribution in [0.4, 0.5) is 0 Å². The Balaban J connectivity index is 2.21. The van der Waals surface area contributed by atoms with Crippen LogP contribution in [0.2, 0.25) is 0 Å². The van der Waals surface area contributed by atoms with Crippen molar-refractivity contribution in [3.8, 4) is 11.8 Å². The summed E-state index contributed by atoms with van der Waals surface area (Å²) in [5, 5.41) is 9.59. The number of rotatable bonds is 3. The van der Waals surface area contributed by atoms with E-state index in [9.17, 15) is 9.90 Å². The third-order valence-electron chi connectivity index (χ3n) is 3.98. The van der Waals surface area contributed by atoms with E-state index in [1.807, 2.05) is 12.1 Å². The molecule has 1 fully saturated rings. The largest absolute Gasteiger partial charge is 0.465 e. The van der Waals surface area contributed by atoms with Gasteiger partial charge in [-0.05, 0) is 58.4 Å². The van der Waals surface area contributed by atoms with Gasteiger partial charge in [0.15, 0.2) is 0 Å². The van der Waals surface area contributed by atoms with Gasteiger partial charge in [-0.1, -0.05) is 24.0 Å². The highest BCUT2D eigenvalue weighted by Gasteiger charge is 2.18. The predicted octanol–water partition coefficient (Wildman–Crippen LogP) is 4.50. The summed E-state index contributed by atoms with van der Waals surface area (Å²) in [4.78, 5) is 13.5. The third kappa shape index (κ3) is 5.51. The van der Waals surface area contributed by atoms with Crippen molar-refractivity contribution in [2.45, 2.75) is 52.6 Å². The van der Waals surface area contributed by atoms with E-state index in [4.69, 9.17) is 4.74 Å². The summed E-state index contributed by atoms with van der Waals surface area (Å²) < 4.78 is 4.90. The van der Waals surface area contributed by atoms with Gasteiger partial charge >= 0.3 is 5.97 Å². The number of carbonyl (C=O) groups excluding carboxylic acids is 1. The minimum atomic E-state index is -0.317. The molecule has 0 amide bonds. The van der Waals surface area contributed by atoms with Crippen molar-refractivity contribution in [3.63, 3.8) is 0 Å². The van der Waals surface area contributed by atoms with E-state index in [-0.39, 0.29) is 17.5 Å². The molecule has 130 valence electrons. The Morgan fingerprint density at radius 1 is 1.33 bits per heavy atom. The maximum Gasteiger partial charge on any atom is 0.348 e. The van der Waals surface area contributed by atoms with Gasteiger partial charge in [-0.3, -0.25) is 0 Å². The van der Waals surface area contributed by atoms with Crippen molar-refractivity contribution in [3.05, 3.63) is 27.5 Å². The lowest BCUT2D eigenvalue weighted by atomic mass is 9.87. The van der Waals surface area contributed by atoms with E-state index < -0.39 is 0 Å². The molecule has 0 spiro atoms. The van der Waals surface area contributed by atoms with E-state index in [1.54, 1.807) is 0 Å². The lowest BCUT2D eigenvalue weighted by molar-refractivity contribution is 0.0606. The molecule has 24 heavy (non-hydrogen) atoms. The zero-order valence-electron chi connectivity index (χ0n) is 14.9. The van der Waals surface area contributed by atoms with Gasteiger partial charge in [-0.2, -0.15) is 0 Å². The maximum absolute atomic E-state index is 12.0. The number of ether oxygens (including phenoxy) is 1. The molecule has 1 aliphatic carbocycles. The Hall–Kier alpha value is -1.57. The molecular weight excluding hydrogens is 320 g/mol. The minimum absolute atomic E-state index is 0.0750. The topological polar surface area (TPSA) is 46.5 Å². The molecule has 3 nitrogen and oxygen atoms in total. The lowest BCUT2D eigenvalue weighted by Crippen LogP contribution is -2.16. The zero-order chi connectivity index (χ0) is 17.7. The van der Waals surface area contributed by atoms with Crippen LogP contribution in [0.15, 0.2) is 12.1 Å². The summed E-state index contributed by atoms with van der Waals surface area (Å²) in [6, 6.07) is 1.96. The van der Waals surface area contributed by atoms with Crippen molar-refractivity contribution in [1.29, 1.82) is 0 Å². The highest BCUT2D eigenvalue weighted by atomic mass is 32.1.